The fraction of sp³-hybridized carbons (Fsp3) is 0.737. The average Bonchev–Trinajstić information content (AvgIpc) is 2.85. The summed E-state index contributed by atoms with van der Waals surface area (Å²) in [6.45, 7) is 7.77. The second-order valence-electron chi connectivity index (χ2n) is 6.35. The van der Waals surface area contributed by atoms with E-state index in [0.717, 1.165) is 19.3 Å². The van der Waals surface area contributed by atoms with Crippen molar-refractivity contribution in [2.24, 2.45) is 0 Å². The van der Waals surface area contributed by atoms with E-state index >= 15 is 0 Å². The molecule has 0 aliphatic heterocycles. The van der Waals surface area contributed by atoms with Crippen LogP contribution >= 0.6 is 11.3 Å². The summed E-state index contributed by atoms with van der Waals surface area (Å²) < 4.78 is 5.34. The topological polar surface area (TPSA) is 29.5 Å². The normalized spacial score (nSPS) is 10.8. The SMILES string of the molecule is CCCCCCCCCOC(=O)N(C)CCc1cc(C)sc1C. The average molecular weight is 340 g/mol. The van der Waals surface area contributed by atoms with Crippen LogP contribution in [0.3, 0.4) is 0 Å². The zero-order chi connectivity index (χ0) is 17.1. The molecular formula is C19H33NO2S. The number of unbranched alkanes of at least 4 members (excludes halogenated alkanes) is 6. The Bertz CT molecular complexity index is 456. The van der Waals surface area contributed by atoms with Gasteiger partial charge in [0.2, 0.25) is 0 Å². The molecule has 3 nitrogen and oxygen atoms in total. The number of carbonyl (C=O) groups is 1. The number of hydrogen-bond acceptors (Lipinski definition) is 3. The van der Waals surface area contributed by atoms with Gasteiger partial charge in [0.25, 0.3) is 0 Å². The van der Waals surface area contributed by atoms with Crippen molar-refractivity contribution < 1.29 is 9.53 Å². The molecule has 0 aliphatic rings. The van der Waals surface area contributed by atoms with Crippen molar-refractivity contribution >= 4 is 17.4 Å². The first-order valence-corrected chi connectivity index (χ1v) is 9.80. The third kappa shape index (κ3) is 8.40. The van der Waals surface area contributed by atoms with Crippen LogP contribution in [0.2, 0.25) is 0 Å². The maximum absolute atomic E-state index is 11.9. The summed E-state index contributed by atoms with van der Waals surface area (Å²) in [5.41, 5.74) is 1.35. The molecule has 0 saturated heterocycles. The van der Waals surface area contributed by atoms with Crippen LogP contribution < -0.4 is 0 Å². The Hall–Kier alpha value is -1.03. The molecule has 0 atom stereocenters. The number of ether oxygens (including phenoxy) is 1. The second kappa shape index (κ2) is 11.5. The fourth-order valence-electron chi connectivity index (χ4n) is 2.64. The number of thiophene rings is 1. The quantitative estimate of drug-likeness (QED) is 0.482. The van der Waals surface area contributed by atoms with Gasteiger partial charge in [-0.05, 0) is 38.3 Å². The summed E-state index contributed by atoms with van der Waals surface area (Å²) in [6.07, 6.45) is 9.37. The van der Waals surface area contributed by atoms with Crippen LogP contribution in [0, 0.1) is 13.8 Å². The molecule has 1 aromatic heterocycles. The number of likely N-dealkylation sites (N-methyl/N-ethyl adjacent to an activating group) is 1. The highest BCUT2D eigenvalue weighted by atomic mass is 32.1. The van der Waals surface area contributed by atoms with Gasteiger partial charge in [0, 0.05) is 23.3 Å². The largest absolute Gasteiger partial charge is 0.449 e. The van der Waals surface area contributed by atoms with E-state index in [4.69, 9.17) is 4.74 Å². The molecule has 0 fully saturated rings. The Morgan fingerprint density at radius 2 is 1.78 bits per heavy atom. The van der Waals surface area contributed by atoms with Gasteiger partial charge in [-0.3, -0.25) is 0 Å². The molecule has 1 aromatic rings. The van der Waals surface area contributed by atoms with Crippen LogP contribution in [0.25, 0.3) is 0 Å². The summed E-state index contributed by atoms with van der Waals surface area (Å²) in [7, 11) is 1.82. The highest BCUT2D eigenvalue weighted by molar-refractivity contribution is 7.12. The molecule has 0 bridgehead atoms. The minimum Gasteiger partial charge on any atom is -0.449 e. The van der Waals surface area contributed by atoms with E-state index in [-0.39, 0.29) is 6.09 Å². The standard InChI is InChI=1S/C19H33NO2S/c1-5-6-7-8-9-10-11-14-22-19(21)20(4)13-12-18-15-16(2)23-17(18)3/h15H,5-14H2,1-4H3. The lowest BCUT2D eigenvalue weighted by atomic mass is 10.1. The molecule has 132 valence electrons. The van der Waals surface area contributed by atoms with Crippen LogP contribution in [-0.2, 0) is 11.2 Å². The third-order valence-corrected chi connectivity index (χ3v) is 5.15. The number of aryl methyl sites for hydroxylation is 2. The van der Waals surface area contributed by atoms with Crippen molar-refractivity contribution in [3.05, 3.63) is 21.4 Å². The van der Waals surface area contributed by atoms with Gasteiger partial charge >= 0.3 is 6.09 Å². The molecule has 0 unspecified atom stereocenters. The Morgan fingerprint density at radius 3 is 2.39 bits per heavy atom. The Kier molecular flexibility index (Phi) is 10.0. The Morgan fingerprint density at radius 1 is 1.13 bits per heavy atom. The summed E-state index contributed by atoms with van der Waals surface area (Å²) in [5.74, 6) is 0. The van der Waals surface area contributed by atoms with E-state index in [1.807, 2.05) is 18.4 Å². The van der Waals surface area contributed by atoms with Gasteiger partial charge in [-0.2, -0.15) is 0 Å². The van der Waals surface area contributed by atoms with Gasteiger partial charge in [-0.25, -0.2) is 4.79 Å². The summed E-state index contributed by atoms with van der Waals surface area (Å²) >= 11 is 1.82. The third-order valence-electron chi connectivity index (χ3n) is 4.15. The first-order chi connectivity index (χ1) is 11.0. The molecule has 0 aromatic carbocycles. The van der Waals surface area contributed by atoms with E-state index in [1.54, 1.807) is 4.90 Å². The van der Waals surface area contributed by atoms with E-state index in [0.29, 0.717) is 13.2 Å². The van der Waals surface area contributed by atoms with Crippen LogP contribution in [0.4, 0.5) is 4.79 Å². The lowest BCUT2D eigenvalue weighted by Crippen LogP contribution is -2.29. The minimum absolute atomic E-state index is 0.194. The van der Waals surface area contributed by atoms with Crippen LogP contribution in [0.1, 0.15) is 67.2 Å². The van der Waals surface area contributed by atoms with Crippen molar-refractivity contribution in [2.75, 3.05) is 20.2 Å². The molecule has 1 rings (SSSR count). The van der Waals surface area contributed by atoms with Gasteiger partial charge in [-0.1, -0.05) is 45.4 Å². The molecule has 1 heterocycles. The molecule has 0 aliphatic carbocycles. The summed E-state index contributed by atoms with van der Waals surface area (Å²) in [6, 6.07) is 2.22. The predicted octanol–water partition coefficient (Wildman–Crippen LogP) is 5.73. The molecule has 23 heavy (non-hydrogen) atoms. The van der Waals surface area contributed by atoms with E-state index in [1.165, 1.54) is 47.4 Å². The zero-order valence-electron chi connectivity index (χ0n) is 15.3. The number of hydrogen-bond donors (Lipinski definition) is 0. The molecule has 0 saturated carbocycles. The van der Waals surface area contributed by atoms with Crippen LogP contribution in [0.5, 0.6) is 0 Å². The summed E-state index contributed by atoms with van der Waals surface area (Å²) in [5, 5.41) is 0. The molecule has 0 N–H and O–H groups in total. The zero-order valence-corrected chi connectivity index (χ0v) is 16.1. The van der Waals surface area contributed by atoms with Gasteiger partial charge in [0.1, 0.15) is 0 Å². The maximum atomic E-state index is 11.9. The van der Waals surface area contributed by atoms with Crippen LogP contribution in [-0.4, -0.2) is 31.2 Å². The van der Waals surface area contributed by atoms with E-state index in [2.05, 4.69) is 26.8 Å². The van der Waals surface area contributed by atoms with Crippen molar-refractivity contribution in [1.29, 1.82) is 0 Å². The minimum atomic E-state index is -0.194. The molecule has 0 radical (unpaired) electrons. The van der Waals surface area contributed by atoms with Gasteiger partial charge < -0.3 is 9.64 Å². The first-order valence-electron chi connectivity index (χ1n) is 8.98. The highest BCUT2D eigenvalue weighted by Gasteiger charge is 2.11. The van der Waals surface area contributed by atoms with E-state index in [9.17, 15) is 4.79 Å². The van der Waals surface area contributed by atoms with E-state index < -0.39 is 0 Å². The Labute approximate surface area is 146 Å². The monoisotopic (exact) mass is 339 g/mol. The smallest absolute Gasteiger partial charge is 0.409 e. The van der Waals surface area contributed by atoms with Crippen molar-refractivity contribution in [3.63, 3.8) is 0 Å². The number of carbonyl (C=O) groups excluding carboxylic acids is 1. The first kappa shape index (κ1) is 20.0. The van der Waals surface area contributed by atoms with Crippen molar-refractivity contribution in [1.82, 2.24) is 4.90 Å². The highest BCUT2D eigenvalue weighted by Crippen LogP contribution is 2.21. The van der Waals surface area contributed by atoms with Crippen LogP contribution in [0.15, 0.2) is 6.07 Å². The number of nitrogens with zero attached hydrogens (tertiary/aromatic N) is 1. The van der Waals surface area contributed by atoms with Gasteiger partial charge in [-0.15, -0.1) is 11.3 Å². The Balaban J connectivity index is 2.08. The molecule has 0 spiro atoms. The fourth-order valence-corrected chi connectivity index (χ4v) is 3.62. The number of rotatable bonds is 11. The molecule has 1 amide bonds. The van der Waals surface area contributed by atoms with Crippen molar-refractivity contribution in [2.45, 2.75) is 72.1 Å². The second-order valence-corrected chi connectivity index (χ2v) is 7.81. The maximum Gasteiger partial charge on any atom is 0.409 e. The molecular weight excluding hydrogens is 306 g/mol. The van der Waals surface area contributed by atoms with Gasteiger partial charge in [0.15, 0.2) is 0 Å². The molecule has 4 heteroatoms. The van der Waals surface area contributed by atoms with Crippen molar-refractivity contribution in [3.8, 4) is 0 Å². The lowest BCUT2D eigenvalue weighted by Gasteiger charge is -2.16. The predicted molar refractivity (Wildman–Crippen MR) is 99.5 cm³/mol. The summed E-state index contributed by atoms with van der Waals surface area (Å²) in [4.78, 5) is 16.3. The lowest BCUT2D eigenvalue weighted by molar-refractivity contribution is 0.109. The number of amides is 1. The van der Waals surface area contributed by atoms with Gasteiger partial charge in [0.05, 0.1) is 6.61 Å².